The van der Waals surface area contributed by atoms with Crippen LogP contribution in [0.4, 0.5) is 0 Å². The fraction of sp³-hybridized carbons (Fsp3) is 0.429. The molecule has 0 fully saturated rings. The maximum absolute atomic E-state index is 12.1. The molecule has 6 heteroatoms. The first-order valence-electron chi connectivity index (χ1n) is 6.44. The molecular formula is C14H17NO5. The number of benzene rings is 1. The highest BCUT2D eigenvalue weighted by Crippen LogP contribution is 2.33. The zero-order valence-electron chi connectivity index (χ0n) is 11.3. The second-order valence-corrected chi connectivity index (χ2v) is 4.75. The largest absolute Gasteiger partial charge is 0.508 e. The summed E-state index contributed by atoms with van der Waals surface area (Å²) in [5.41, 5.74) is 0.885. The Balaban J connectivity index is 1.92. The summed E-state index contributed by atoms with van der Waals surface area (Å²) in [5.74, 6) is -0.652. The van der Waals surface area contributed by atoms with Gasteiger partial charge in [-0.3, -0.25) is 9.59 Å². The normalized spacial score (nSPS) is 13.4. The molecule has 0 aliphatic carbocycles. The molecule has 0 saturated carbocycles. The number of methoxy groups -OCH3 is 1. The number of amides is 1. The summed E-state index contributed by atoms with van der Waals surface area (Å²) in [6, 6.07) is 2.60. The topological polar surface area (TPSA) is 87.1 Å². The Bertz CT molecular complexity index is 541. The van der Waals surface area contributed by atoms with E-state index < -0.39 is 0 Å². The average Bonchev–Trinajstić information content (AvgIpc) is 2.72. The Morgan fingerprint density at radius 1 is 1.35 bits per heavy atom. The van der Waals surface area contributed by atoms with Crippen molar-refractivity contribution in [1.82, 2.24) is 4.90 Å². The second-order valence-electron chi connectivity index (χ2n) is 4.75. The summed E-state index contributed by atoms with van der Waals surface area (Å²) >= 11 is 0. The summed E-state index contributed by atoms with van der Waals surface area (Å²) in [6.07, 6.45) is 1.66. The molecule has 20 heavy (non-hydrogen) atoms. The average molecular weight is 279 g/mol. The molecule has 0 radical (unpaired) electrons. The number of carbonyl (C=O) groups is 2. The SMILES string of the molecule is COC(=O)CCCCN1Cc2c(O)cc(O)cc2C1=O. The van der Waals surface area contributed by atoms with Crippen molar-refractivity contribution in [2.75, 3.05) is 13.7 Å². The molecule has 1 heterocycles. The van der Waals surface area contributed by atoms with Crippen LogP contribution in [-0.2, 0) is 16.1 Å². The van der Waals surface area contributed by atoms with E-state index in [2.05, 4.69) is 4.74 Å². The number of ether oxygens (including phenoxy) is 1. The van der Waals surface area contributed by atoms with Crippen LogP contribution in [0.2, 0.25) is 0 Å². The van der Waals surface area contributed by atoms with E-state index >= 15 is 0 Å². The van der Waals surface area contributed by atoms with Crippen LogP contribution >= 0.6 is 0 Å². The van der Waals surface area contributed by atoms with Crippen molar-refractivity contribution in [2.24, 2.45) is 0 Å². The number of fused-ring (bicyclic) bond motifs is 1. The molecular weight excluding hydrogens is 262 g/mol. The van der Waals surface area contributed by atoms with Crippen LogP contribution in [0.3, 0.4) is 0 Å². The lowest BCUT2D eigenvalue weighted by molar-refractivity contribution is -0.140. The highest BCUT2D eigenvalue weighted by molar-refractivity contribution is 5.99. The van der Waals surface area contributed by atoms with Crippen LogP contribution in [0.5, 0.6) is 11.5 Å². The van der Waals surface area contributed by atoms with Crippen molar-refractivity contribution >= 4 is 11.9 Å². The van der Waals surface area contributed by atoms with E-state index in [1.807, 2.05) is 0 Å². The number of rotatable bonds is 5. The fourth-order valence-electron chi connectivity index (χ4n) is 2.29. The van der Waals surface area contributed by atoms with Gasteiger partial charge in [0.2, 0.25) is 0 Å². The summed E-state index contributed by atoms with van der Waals surface area (Å²) in [4.78, 5) is 24.7. The van der Waals surface area contributed by atoms with Crippen LogP contribution in [0, 0.1) is 0 Å². The minimum atomic E-state index is -0.261. The number of esters is 1. The maximum Gasteiger partial charge on any atom is 0.305 e. The summed E-state index contributed by atoms with van der Waals surface area (Å²) in [6.45, 7) is 0.837. The number of carbonyl (C=O) groups excluding carboxylic acids is 2. The first kappa shape index (κ1) is 14.2. The number of phenolic OH excluding ortho intramolecular Hbond substituents is 2. The minimum absolute atomic E-state index is 0.0644. The van der Waals surface area contributed by atoms with Crippen molar-refractivity contribution in [3.05, 3.63) is 23.3 Å². The third-order valence-electron chi connectivity index (χ3n) is 3.36. The van der Waals surface area contributed by atoms with Crippen LogP contribution in [-0.4, -0.2) is 40.6 Å². The Labute approximate surface area is 116 Å². The fourth-order valence-corrected chi connectivity index (χ4v) is 2.29. The molecule has 0 unspecified atom stereocenters. The van der Waals surface area contributed by atoms with Crippen molar-refractivity contribution in [3.8, 4) is 11.5 Å². The number of phenols is 2. The summed E-state index contributed by atoms with van der Waals surface area (Å²) in [5, 5.41) is 19.1. The molecule has 0 atom stereocenters. The predicted molar refractivity (Wildman–Crippen MR) is 70.4 cm³/mol. The lowest BCUT2D eigenvalue weighted by Crippen LogP contribution is -2.25. The van der Waals surface area contributed by atoms with Gasteiger partial charge in [-0.25, -0.2) is 0 Å². The van der Waals surface area contributed by atoms with E-state index in [1.165, 1.54) is 19.2 Å². The van der Waals surface area contributed by atoms with Crippen molar-refractivity contribution in [1.29, 1.82) is 0 Å². The number of unbranched alkanes of at least 4 members (excludes halogenated alkanes) is 1. The van der Waals surface area contributed by atoms with Gasteiger partial charge in [-0.1, -0.05) is 0 Å². The van der Waals surface area contributed by atoms with E-state index in [0.29, 0.717) is 43.5 Å². The van der Waals surface area contributed by atoms with E-state index in [-0.39, 0.29) is 23.4 Å². The van der Waals surface area contributed by atoms with Crippen molar-refractivity contribution in [3.63, 3.8) is 0 Å². The molecule has 6 nitrogen and oxygen atoms in total. The quantitative estimate of drug-likeness (QED) is 0.628. The highest BCUT2D eigenvalue weighted by atomic mass is 16.5. The van der Waals surface area contributed by atoms with Gasteiger partial charge in [0.25, 0.3) is 5.91 Å². The van der Waals surface area contributed by atoms with Crippen LogP contribution < -0.4 is 0 Å². The second kappa shape index (κ2) is 5.81. The van der Waals surface area contributed by atoms with Crippen LogP contribution in [0.1, 0.15) is 35.2 Å². The standard InChI is InChI=1S/C14H17NO5/c1-20-13(18)4-2-3-5-15-8-11-10(14(15)19)6-9(16)7-12(11)17/h6-7,16-17H,2-5,8H2,1H3. The molecule has 1 amide bonds. The van der Waals surface area contributed by atoms with Gasteiger partial charge < -0.3 is 19.8 Å². The first-order chi connectivity index (χ1) is 9.52. The Hall–Kier alpha value is -2.24. The molecule has 0 aromatic heterocycles. The monoisotopic (exact) mass is 279 g/mol. The third-order valence-corrected chi connectivity index (χ3v) is 3.36. The van der Waals surface area contributed by atoms with Crippen molar-refractivity contribution in [2.45, 2.75) is 25.8 Å². The van der Waals surface area contributed by atoms with Gasteiger partial charge in [0.15, 0.2) is 0 Å². The first-order valence-corrected chi connectivity index (χ1v) is 6.44. The van der Waals surface area contributed by atoms with E-state index in [1.54, 1.807) is 4.90 Å². The predicted octanol–water partition coefficient (Wildman–Crippen LogP) is 1.40. The summed E-state index contributed by atoms with van der Waals surface area (Å²) < 4.78 is 4.54. The zero-order chi connectivity index (χ0) is 14.7. The molecule has 0 spiro atoms. The molecule has 1 aromatic carbocycles. The number of nitrogens with zero attached hydrogens (tertiary/aromatic N) is 1. The smallest absolute Gasteiger partial charge is 0.305 e. The molecule has 0 saturated heterocycles. The number of hydrogen-bond acceptors (Lipinski definition) is 5. The van der Waals surface area contributed by atoms with E-state index in [0.717, 1.165) is 0 Å². The molecule has 2 rings (SSSR count). The number of aromatic hydroxyl groups is 2. The maximum atomic E-state index is 12.1. The zero-order valence-corrected chi connectivity index (χ0v) is 11.3. The van der Waals surface area contributed by atoms with Crippen LogP contribution in [0.15, 0.2) is 12.1 Å². The van der Waals surface area contributed by atoms with Gasteiger partial charge in [0, 0.05) is 24.6 Å². The molecule has 1 aromatic rings. The van der Waals surface area contributed by atoms with E-state index in [9.17, 15) is 19.8 Å². The van der Waals surface area contributed by atoms with Gasteiger partial charge in [-0.05, 0) is 18.9 Å². The van der Waals surface area contributed by atoms with Gasteiger partial charge in [-0.15, -0.1) is 0 Å². The Morgan fingerprint density at radius 3 is 2.80 bits per heavy atom. The van der Waals surface area contributed by atoms with Crippen molar-refractivity contribution < 1.29 is 24.5 Å². The highest BCUT2D eigenvalue weighted by Gasteiger charge is 2.29. The molecule has 1 aliphatic heterocycles. The van der Waals surface area contributed by atoms with Gasteiger partial charge >= 0.3 is 5.97 Å². The van der Waals surface area contributed by atoms with Gasteiger partial charge in [0.1, 0.15) is 11.5 Å². The number of hydrogen-bond donors (Lipinski definition) is 2. The van der Waals surface area contributed by atoms with Crippen LogP contribution in [0.25, 0.3) is 0 Å². The lowest BCUT2D eigenvalue weighted by atomic mass is 10.1. The molecule has 0 bridgehead atoms. The third kappa shape index (κ3) is 2.84. The van der Waals surface area contributed by atoms with Gasteiger partial charge in [0.05, 0.1) is 19.2 Å². The minimum Gasteiger partial charge on any atom is -0.508 e. The Kier molecular flexibility index (Phi) is 4.12. The Morgan fingerprint density at radius 2 is 2.10 bits per heavy atom. The molecule has 1 aliphatic rings. The molecule has 2 N–H and O–H groups in total. The molecule has 108 valence electrons. The lowest BCUT2D eigenvalue weighted by Gasteiger charge is -2.14. The van der Waals surface area contributed by atoms with Gasteiger partial charge in [-0.2, -0.15) is 0 Å². The van der Waals surface area contributed by atoms with E-state index in [4.69, 9.17) is 0 Å². The summed E-state index contributed by atoms with van der Waals surface area (Å²) in [7, 11) is 1.35.